The van der Waals surface area contributed by atoms with Gasteiger partial charge in [-0.05, 0) is 67.9 Å². The van der Waals surface area contributed by atoms with E-state index >= 15 is 0 Å². The highest BCUT2D eigenvalue weighted by atomic mass is 35.5. The van der Waals surface area contributed by atoms with Gasteiger partial charge in [-0.25, -0.2) is 13.2 Å². The lowest BCUT2D eigenvalue weighted by Crippen LogP contribution is -2.51. The Balaban J connectivity index is 1.51. The molecule has 4 rings (SSSR count). The zero-order valence-electron chi connectivity index (χ0n) is 19.8. The summed E-state index contributed by atoms with van der Waals surface area (Å²) >= 11 is 6.12. The molecule has 186 valence electrons. The van der Waals surface area contributed by atoms with Gasteiger partial charge in [0.1, 0.15) is 22.1 Å². The van der Waals surface area contributed by atoms with Crippen LogP contribution in [0, 0.1) is 25.2 Å². The minimum Gasteiger partial charge on any atom is -0.456 e. The number of amides is 1. The van der Waals surface area contributed by atoms with E-state index < -0.39 is 16.1 Å². The summed E-state index contributed by atoms with van der Waals surface area (Å²) in [7, 11) is -4.03. The van der Waals surface area contributed by atoms with E-state index in [1.165, 1.54) is 27.4 Å². The van der Waals surface area contributed by atoms with E-state index in [0.717, 1.165) is 11.1 Å². The number of carbonyl (C=O) groups excluding carboxylic acids is 1. The third kappa shape index (κ3) is 5.79. The van der Waals surface area contributed by atoms with Gasteiger partial charge in [0.25, 0.3) is 0 Å². The fraction of sp³-hybridized carbons (Fsp3) is 0.231. The molecule has 0 N–H and O–H groups in total. The van der Waals surface area contributed by atoms with Crippen molar-refractivity contribution in [3.05, 3.63) is 82.4 Å². The topological polar surface area (TPSA) is 99.9 Å². The summed E-state index contributed by atoms with van der Waals surface area (Å²) in [5, 5.41) is 9.80. The van der Waals surface area contributed by atoms with Crippen molar-refractivity contribution < 1.29 is 22.7 Å². The number of hydrogen-bond acceptors (Lipinski definition) is 6. The summed E-state index contributed by atoms with van der Waals surface area (Å²) in [5.41, 5.74) is 2.08. The first-order valence-electron chi connectivity index (χ1n) is 11.2. The molecule has 0 saturated carbocycles. The van der Waals surface area contributed by atoms with Gasteiger partial charge in [0.15, 0.2) is 0 Å². The van der Waals surface area contributed by atoms with Crippen LogP contribution in [0.3, 0.4) is 0 Å². The minimum absolute atomic E-state index is 0.0673. The van der Waals surface area contributed by atoms with E-state index in [0.29, 0.717) is 16.5 Å². The van der Waals surface area contributed by atoms with E-state index in [9.17, 15) is 18.5 Å². The number of sulfonamides is 1. The van der Waals surface area contributed by atoms with Crippen LogP contribution in [0.5, 0.6) is 17.2 Å². The second-order valence-corrected chi connectivity index (χ2v) is 10.8. The van der Waals surface area contributed by atoms with Gasteiger partial charge in [0.2, 0.25) is 10.0 Å². The Kier molecular flexibility index (Phi) is 7.50. The number of piperazine rings is 1. The van der Waals surface area contributed by atoms with Gasteiger partial charge < -0.3 is 14.4 Å². The molecule has 1 aliphatic heterocycles. The van der Waals surface area contributed by atoms with E-state index in [1.807, 2.05) is 32.0 Å². The van der Waals surface area contributed by atoms with Crippen LogP contribution in [0.15, 0.2) is 65.6 Å². The third-order valence-corrected chi connectivity index (χ3v) is 7.80. The molecule has 1 aliphatic rings. The van der Waals surface area contributed by atoms with Crippen molar-refractivity contribution in [2.45, 2.75) is 18.7 Å². The van der Waals surface area contributed by atoms with Crippen molar-refractivity contribution in [1.82, 2.24) is 9.21 Å². The molecule has 10 heteroatoms. The molecule has 3 aromatic carbocycles. The van der Waals surface area contributed by atoms with Crippen LogP contribution in [0.2, 0.25) is 5.02 Å². The molecule has 8 nitrogen and oxygen atoms in total. The van der Waals surface area contributed by atoms with Gasteiger partial charge in [-0.15, -0.1) is 0 Å². The largest absolute Gasteiger partial charge is 0.456 e. The molecule has 0 radical (unpaired) electrons. The van der Waals surface area contributed by atoms with Crippen molar-refractivity contribution in [2.24, 2.45) is 0 Å². The van der Waals surface area contributed by atoms with Crippen LogP contribution in [0.25, 0.3) is 0 Å². The predicted octanol–water partition coefficient (Wildman–Crippen LogP) is 5.13. The number of rotatable bonds is 5. The van der Waals surface area contributed by atoms with Crippen LogP contribution in [0.4, 0.5) is 4.79 Å². The fourth-order valence-electron chi connectivity index (χ4n) is 3.77. The Morgan fingerprint density at radius 1 is 0.917 bits per heavy atom. The lowest BCUT2D eigenvalue weighted by molar-refractivity contribution is 0.132. The van der Waals surface area contributed by atoms with E-state index in [1.54, 1.807) is 30.3 Å². The zero-order chi connectivity index (χ0) is 25.9. The second-order valence-electron chi connectivity index (χ2n) is 8.41. The minimum atomic E-state index is -4.03. The summed E-state index contributed by atoms with van der Waals surface area (Å²) in [5.74, 6) is 0.883. The molecule has 3 aromatic rings. The summed E-state index contributed by atoms with van der Waals surface area (Å²) in [4.78, 5) is 13.9. The van der Waals surface area contributed by atoms with Gasteiger partial charge in [-0.3, -0.25) is 0 Å². The number of nitriles is 1. The maximum absolute atomic E-state index is 13.6. The van der Waals surface area contributed by atoms with E-state index in [4.69, 9.17) is 21.1 Å². The molecule has 0 bridgehead atoms. The number of halogens is 1. The SMILES string of the molecule is Cc1ccc(OC(=O)N2CCN(S(=O)(=O)c3cc(C#N)ccc3Oc3cc(C)cc(Cl)c3)CC2)cc1. The molecule has 1 heterocycles. The van der Waals surface area contributed by atoms with Crippen LogP contribution in [-0.4, -0.2) is 49.9 Å². The molecule has 1 saturated heterocycles. The van der Waals surface area contributed by atoms with Crippen molar-refractivity contribution in [2.75, 3.05) is 26.2 Å². The number of aryl methyl sites for hydroxylation is 2. The highest BCUT2D eigenvalue weighted by Gasteiger charge is 2.33. The second kappa shape index (κ2) is 10.6. The Bertz CT molecular complexity index is 1410. The van der Waals surface area contributed by atoms with Gasteiger partial charge >= 0.3 is 6.09 Å². The smallest absolute Gasteiger partial charge is 0.415 e. The molecule has 1 fully saturated rings. The third-order valence-electron chi connectivity index (χ3n) is 5.66. The molecule has 0 unspecified atom stereocenters. The maximum atomic E-state index is 13.6. The number of carbonyl (C=O) groups is 1. The summed E-state index contributed by atoms with van der Waals surface area (Å²) in [6.45, 7) is 4.23. The summed E-state index contributed by atoms with van der Waals surface area (Å²) in [6.07, 6.45) is -0.539. The van der Waals surface area contributed by atoms with Gasteiger partial charge in [0, 0.05) is 31.2 Å². The summed E-state index contributed by atoms with van der Waals surface area (Å²) in [6, 6.07) is 18.4. The lowest BCUT2D eigenvalue weighted by atomic mass is 10.2. The predicted molar refractivity (Wildman–Crippen MR) is 135 cm³/mol. The first-order chi connectivity index (χ1) is 17.2. The van der Waals surface area contributed by atoms with Gasteiger partial charge in [0.05, 0.1) is 11.6 Å². The maximum Gasteiger partial charge on any atom is 0.415 e. The van der Waals surface area contributed by atoms with Crippen molar-refractivity contribution in [3.63, 3.8) is 0 Å². The number of benzene rings is 3. The van der Waals surface area contributed by atoms with Crippen LogP contribution in [-0.2, 0) is 10.0 Å². The molecule has 36 heavy (non-hydrogen) atoms. The Labute approximate surface area is 215 Å². The highest BCUT2D eigenvalue weighted by molar-refractivity contribution is 7.89. The zero-order valence-corrected chi connectivity index (χ0v) is 21.3. The number of ether oxygens (including phenoxy) is 2. The average molecular weight is 526 g/mol. The quantitative estimate of drug-likeness (QED) is 0.458. The number of nitrogens with zero attached hydrogens (tertiary/aromatic N) is 3. The standard InChI is InChI=1S/C26H24ClN3O5S/c1-18-3-6-22(7-4-18)35-26(31)29-9-11-30(12-10-29)36(32,33)25-15-20(17-28)5-8-24(25)34-23-14-19(2)13-21(27)16-23/h3-8,13-16H,9-12H2,1-2H3. The van der Waals surface area contributed by atoms with Crippen LogP contribution in [0.1, 0.15) is 16.7 Å². The first-order valence-corrected chi connectivity index (χ1v) is 13.0. The van der Waals surface area contributed by atoms with Crippen LogP contribution >= 0.6 is 11.6 Å². The Morgan fingerprint density at radius 3 is 2.25 bits per heavy atom. The fourth-order valence-corrected chi connectivity index (χ4v) is 5.62. The average Bonchev–Trinajstić information content (AvgIpc) is 2.85. The van der Waals surface area contributed by atoms with Crippen molar-refractivity contribution >= 4 is 27.7 Å². The van der Waals surface area contributed by atoms with Gasteiger partial charge in [-0.1, -0.05) is 29.3 Å². The van der Waals surface area contributed by atoms with Crippen molar-refractivity contribution in [3.8, 4) is 23.3 Å². The normalized spacial score (nSPS) is 14.2. The molecule has 0 atom stereocenters. The first kappa shape index (κ1) is 25.5. The molecule has 0 spiro atoms. The monoisotopic (exact) mass is 525 g/mol. The molecular weight excluding hydrogens is 502 g/mol. The van der Waals surface area contributed by atoms with Crippen molar-refractivity contribution in [1.29, 1.82) is 5.26 Å². The highest BCUT2D eigenvalue weighted by Crippen LogP contribution is 2.33. The van der Waals surface area contributed by atoms with Gasteiger partial charge in [-0.2, -0.15) is 9.57 Å². The lowest BCUT2D eigenvalue weighted by Gasteiger charge is -2.33. The van der Waals surface area contributed by atoms with Crippen LogP contribution < -0.4 is 9.47 Å². The summed E-state index contributed by atoms with van der Waals surface area (Å²) < 4.78 is 39.7. The molecule has 1 amide bonds. The molecular formula is C26H24ClN3O5S. The Hall–Kier alpha value is -3.58. The molecule has 0 aromatic heterocycles. The molecule has 0 aliphatic carbocycles. The number of hydrogen-bond donors (Lipinski definition) is 0. The van der Waals surface area contributed by atoms with E-state index in [2.05, 4.69) is 0 Å². The van der Waals surface area contributed by atoms with E-state index in [-0.39, 0.29) is 42.4 Å². The Morgan fingerprint density at radius 2 is 1.61 bits per heavy atom.